The van der Waals surface area contributed by atoms with Gasteiger partial charge in [-0.05, 0) is 36.4 Å². The van der Waals surface area contributed by atoms with Crippen molar-refractivity contribution in [3.8, 4) is 17.3 Å². The Morgan fingerprint density at radius 1 is 1.16 bits per heavy atom. The van der Waals surface area contributed by atoms with Crippen molar-refractivity contribution in [2.75, 3.05) is 7.11 Å². The van der Waals surface area contributed by atoms with Crippen LogP contribution in [0.3, 0.4) is 0 Å². The number of methoxy groups -OCH3 is 1. The first-order valence-electron chi connectivity index (χ1n) is 7.62. The molecule has 0 radical (unpaired) electrons. The SMILES string of the molecule is COc1ccc(-n2c(O)c(/C=C3\C=Nc4ccccc43)sc2=O)cc1. The Labute approximate surface area is 147 Å². The second kappa shape index (κ2) is 6.07. The van der Waals surface area contributed by atoms with Crippen LogP contribution in [-0.2, 0) is 0 Å². The first kappa shape index (κ1) is 15.4. The average molecular weight is 350 g/mol. The van der Waals surface area contributed by atoms with E-state index < -0.39 is 0 Å². The maximum Gasteiger partial charge on any atom is 0.315 e. The van der Waals surface area contributed by atoms with Crippen LogP contribution in [-0.4, -0.2) is 23.0 Å². The molecule has 2 heterocycles. The van der Waals surface area contributed by atoms with Crippen LogP contribution in [0.1, 0.15) is 10.4 Å². The van der Waals surface area contributed by atoms with Gasteiger partial charge >= 0.3 is 4.87 Å². The highest BCUT2D eigenvalue weighted by Gasteiger charge is 2.17. The number of aromatic nitrogens is 1. The first-order chi connectivity index (χ1) is 12.2. The van der Waals surface area contributed by atoms with Crippen LogP contribution in [0.4, 0.5) is 5.69 Å². The Bertz CT molecular complexity index is 1060. The third-order valence-corrected chi connectivity index (χ3v) is 4.86. The number of hydrogen-bond acceptors (Lipinski definition) is 5. The Morgan fingerprint density at radius 2 is 1.92 bits per heavy atom. The maximum absolute atomic E-state index is 12.4. The number of fused-ring (bicyclic) bond motifs is 1. The minimum Gasteiger partial charge on any atom is -0.497 e. The number of hydrogen-bond donors (Lipinski definition) is 1. The molecule has 1 aliphatic rings. The van der Waals surface area contributed by atoms with E-state index in [1.807, 2.05) is 24.3 Å². The molecule has 5 nitrogen and oxygen atoms in total. The van der Waals surface area contributed by atoms with Crippen LogP contribution in [0.2, 0.25) is 0 Å². The standard InChI is InChI=1S/C19H14N2O3S/c1-24-14-8-6-13(7-9-14)21-18(22)17(25-19(21)23)10-12-11-20-16-5-3-2-4-15(12)16/h2-11,22H,1H3/b12-10+. The van der Waals surface area contributed by atoms with E-state index in [0.29, 0.717) is 16.3 Å². The molecule has 0 atom stereocenters. The molecule has 0 aliphatic carbocycles. The molecule has 0 spiro atoms. The summed E-state index contributed by atoms with van der Waals surface area (Å²) in [5, 5.41) is 10.6. The molecule has 0 unspecified atom stereocenters. The number of aliphatic imine (C=N–C) groups is 1. The third-order valence-electron chi connectivity index (χ3n) is 3.99. The number of ether oxygens (including phenoxy) is 1. The van der Waals surface area contributed by atoms with Gasteiger partial charge in [-0.15, -0.1) is 0 Å². The molecule has 3 aromatic rings. The lowest BCUT2D eigenvalue weighted by atomic mass is 10.1. The Hall–Kier alpha value is -3.12. The fourth-order valence-electron chi connectivity index (χ4n) is 2.73. The molecule has 4 rings (SSSR count). The predicted octanol–water partition coefficient (Wildman–Crippen LogP) is 3.87. The van der Waals surface area contributed by atoms with Gasteiger partial charge in [0.2, 0.25) is 5.88 Å². The number of para-hydroxylation sites is 1. The monoisotopic (exact) mass is 350 g/mol. The lowest BCUT2D eigenvalue weighted by Crippen LogP contribution is -2.09. The maximum atomic E-state index is 12.4. The summed E-state index contributed by atoms with van der Waals surface area (Å²) < 4.78 is 6.41. The molecule has 25 heavy (non-hydrogen) atoms. The summed E-state index contributed by atoms with van der Waals surface area (Å²) in [5.74, 6) is 0.609. The van der Waals surface area contributed by atoms with Crippen LogP contribution in [0, 0.1) is 0 Å². The summed E-state index contributed by atoms with van der Waals surface area (Å²) in [7, 11) is 1.58. The minimum atomic E-state index is -0.252. The van der Waals surface area contributed by atoms with E-state index in [1.165, 1.54) is 4.57 Å². The van der Waals surface area contributed by atoms with Crippen LogP contribution in [0.5, 0.6) is 11.6 Å². The van der Waals surface area contributed by atoms with Crippen LogP contribution >= 0.6 is 11.3 Å². The van der Waals surface area contributed by atoms with Gasteiger partial charge in [-0.1, -0.05) is 29.5 Å². The largest absolute Gasteiger partial charge is 0.497 e. The van der Waals surface area contributed by atoms with E-state index in [4.69, 9.17) is 4.74 Å². The lowest BCUT2D eigenvalue weighted by molar-refractivity contribution is 0.414. The summed E-state index contributed by atoms with van der Waals surface area (Å²) in [6, 6.07) is 14.7. The summed E-state index contributed by atoms with van der Waals surface area (Å²) in [4.78, 5) is 17.0. The fraction of sp³-hybridized carbons (Fsp3) is 0.0526. The van der Waals surface area contributed by atoms with E-state index in [2.05, 4.69) is 4.99 Å². The van der Waals surface area contributed by atoms with E-state index in [0.717, 1.165) is 28.2 Å². The Kier molecular flexibility index (Phi) is 3.74. The van der Waals surface area contributed by atoms with E-state index in [-0.39, 0.29) is 10.8 Å². The van der Waals surface area contributed by atoms with Crippen molar-refractivity contribution in [1.82, 2.24) is 4.57 Å². The fourth-order valence-corrected chi connectivity index (χ4v) is 3.57. The molecule has 0 bridgehead atoms. The molecule has 0 fully saturated rings. The third kappa shape index (κ3) is 2.66. The van der Waals surface area contributed by atoms with Crippen molar-refractivity contribution >= 4 is 34.9 Å². The molecule has 124 valence electrons. The van der Waals surface area contributed by atoms with Gasteiger partial charge in [0, 0.05) is 17.4 Å². The number of rotatable bonds is 3. The van der Waals surface area contributed by atoms with Crippen molar-refractivity contribution in [3.63, 3.8) is 0 Å². The average Bonchev–Trinajstić information content (AvgIpc) is 3.17. The summed E-state index contributed by atoms with van der Waals surface area (Å²) in [6.45, 7) is 0. The van der Waals surface area contributed by atoms with Gasteiger partial charge in [-0.3, -0.25) is 9.79 Å². The van der Waals surface area contributed by atoms with E-state index in [9.17, 15) is 9.90 Å². The van der Waals surface area contributed by atoms with Gasteiger partial charge in [0.25, 0.3) is 0 Å². The molecule has 0 saturated heterocycles. The molecule has 1 aliphatic heterocycles. The van der Waals surface area contributed by atoms with Crippen LogP contribution in [0.25, 0.3) is 17.3 Å². The molecular formula is C19H14N2O3S. The molecule has 0 amide bonds. The van der Waals surface area contributed by atoms with Crippen molar-refractivity contribution in [2.24, 2.45) is 4.99 Å². The summed E-state index contributed by atoms with van der Waals surface area (Å²) in [5.41, 5.74) is 3.33. The number of allylic oxidation sites excluding steroid dienone is 1. The molecular weight excluding hydrogens is 336 g/mol. The highest BCUT2D eigenvalue weighted by atomic mass is 32.1. The van der Waals surface area contributed by atoms with Gasteiger partial charge in [-0.2, -0.15) is 0 Å². The quantitative estimate of drug-likeness (QED) is 0.780. The number of benzene rings is 2. The predicted molar refractivity (Wildman–Crippen MR) is 101 cm³/mol. The van der Waals surface area contributed by atoms with Crippen LogP contribution < -0.4 is 9.61 Å². The van der Waals surface area contributed by atoms with Crippen LogP contribution in [0.15, 0.2) is 58.3 Å². The molecule has 1 N–H and O–H groups in total. The summed E-state index contributed by atoms with van der Waals surface area (Å²) in [6.07, 6.45) is 3.53. The van der Waals surface area contributed by atoms with Gasteiger partial charge in [0.05, 0.1) is 23.4 Å². The smallest absolute Gasteiger partial charge is 0.315 e. The van der Waals surface area contributed by atoms with Crippen molar-refractivity contribution in [1.29, 1.82) is 0 Å². The number of nitrogens with zero attached hydrogens (tertiary/aromatic N) is 2. The Morgan fingerprint density at radius 3 is 2.68 bits per heavy atom. The van der Waals surface area contributed by atoms with E-state index >= 15 is 0 Å². The zero-order valence-corrected chi connectivity index (χ0v) is 14.2. The number of thiazole rings is 1. The molecule has 6 heteroatoms. The Balaban J connectivity index is 1.77. The minimum absolute atomic E-state index is 0.0783. The van der Waals surface area contributed by atoms with Gasteiger partial charge in [0.1, 0.15) is 5.75 Å². The highest BCUT2D eigenvalue weighted by molar-refractivity contribution is 7.10. The highest BCUT2D eigenvalue weighted by Crippen LogP contribution is 2.34. The second-order valence-electron chi connectivity index (χ2n) is 5.46. The zero-order chi connectivity index (χ0) is 17.4. The summed E-state index contributed by atoms with van der Waals surface area (Å²) >= 11 is 0.995. The number of aromatic hydroxyl groups is 1. The first-order valence-corrected chi connectivity index (χ1v) is 8.43. The molecule has 0 saturated carbocycles. The van der Waals surface area contributed by atoms with Crippen molar-refractivity contribution in [3.05, 3.63) is 68.6 Å². The lowest BCUT2D eigenvalue weighted by Gasteiger charge is -2.05. The second-order valence-corrected chi connectivity index (χ2v) is 6.46. The normalized spacial score (nSPS) is 14.0. The van der Waals surface area contributed by atoms with Gasteiger partial charge in [0.15, 0.2) is 0 Å². The molecule has 1 aromatic heterocycles. The zero-order valence-electron chi connectivity index (χ0n) is 13.3. The van der Waals surface area contributed by atoms with E-state index in [1.54, 1.807) is 43.7 Å². The topological polar surface area (TPSA) is 63.8 Å². The molecule has 2 aromatic carbocycles. The van der Waals surface area contributed by atoms with Gasteiger partial charge in [-0.25, -0.2) is 4.57 Å². The van der Waals surface area contributed by atoms with Crippen molar-refractivity contribution in [2.45, 2.75) is 0 Å². The van der Waals surface area contributed by atoms with Crippen molar-refractivity contribution < 1.29 is 9.84 Å². The van der Waals surface area contributed by atoms with Gasteiger partial charge < -0.3 is 9.84 Å².